The maximum Gasteiger partial charge on any atom is 0.303 e. The molecule has 5 rings (SSSR count). The van der Waals surface area contributed by atoms with Crippen LogP contribution in [-0.4, -0.2) is 37.7 Å². The molecule has 0 spiro atoms. The molecule has 0 saturated heterocycles. The molecule has 0 fully saturated rings. The highest BCUT2D eigenvalue weighted by Gasteiger charge is 2.36. The van der Waals surface area contributed by atoms with Gasteiger partial charge in [-0.15, -0.1) is 0 Å². The summed E-state index contributed by atoms with van der Waals surface area (Å²) in [5, 5.41) is 16.2. The molecule has 2 aromatic carbocycles. The molecule has 9 heteroatoms. The van der Waals surface area contributed by atoms with E-state index in [-0.39, 0.29) is 24.8 Å². The highest BCUT2D eigenvalue weighted by molar-refractivity contribution is 6.31. The van der Waals surface area contributed by atoms with E-state index in [1.165, 1.54) is 5.01 Å². The number of carboxylic acids is 1. The molecule has 3 heterocycles. The predicted molar refractivity (Wildman–Crippen MR) is 137 cm³/mol. The van der Waals surface area contributed by atoms with Crippen LogP contribution in [0.4, 0.5) is 0 Å². The van der Waals surface area contributed by atoms with Gasteiger partial charge < -0.3 is 10.1 Å². The van der Waals surface area contributed by atoms with Crippen LogP contribution < -0.4 is 5.56 Å². The second-order valence-corrected chi connectivity index (χ2v) is 8.85. The fraction of sp³-hybridized carbons (Fsp3) is 0.148. The molecule has 8 nitrogen and oxygen atoms in total. The number of carbonyl (C=O) groups excluding carboxylic acids is 1. The molecule has 1 atom stereocenters. The minimum absolute atomic E-state index is 0.218. The molecule has 180 valence electrons. The van der Waals surface area contributed by atoms with Gasteiger partial charge in [-0.25, -0.2) is 5.01 Å². The van der Waals surface area contributed by atoms with E-state index in [1.54, 1.807) is 42.6 Å². The Morgan fingerprint density at radius 2 is 1.81 bits per heavy atom. The number of hydrogen-bond acceptors (Lipinski definition) is 5. The Labute approximate surface area is 210 Å². The molecule has 0 radical (unpaired) electrons. The third kappa shape index (κ3) is 4.50. The number of hydrazone groups is 1. The normalized spacial score (nSPS) is 15.2. The topological polar surface area (TPSA) is 116 Å². The number of nitrogens with zero attached hydrogens (tertiary/aromatic N) is 3. The number of benzene rings is 2. The molecule has 0 aliphatic carbocycles. The third-order valence-corrected chi connectivity index (χ3v) is 6.31. The van der Waals surface area contributed by atoms with Gasteiger partial charge in [0.05, 0.1) is 23.4 Å². The van der Waals surface area contributed by atoms with Crippen molar-refractivity contribution in [1.29, 1.82) is 0 Å². The molecule has 1 aliphatic rings. The Balaban J connectivity index is 1.70. The Morgan fingerprint density at radius 1 is 1.03 bits per heavy atom. The van der Waals surface area contributed by atoms with E-state index in [0.29, 0.717) is 33.1 Å². The van der Waals surface area contributed by atoms with E-state index in [1.807, 2.05) is 30.3 Å². The quantitative estimate of drug-likeness (QED) is 0.395. The SMILES string of the molecule is O=C(O)CCC(=O)N1N=C(c2c(-c3ccccc3)c3cc(Cl)ccc3[nH]c2=O)C[C@H]1c1ccccn1. The number of aromatic nitrogens is 2. The van der Waals surface area contributed by atoms with E-state index in [4.69, 9.17) is 16.7 Å². The van der Waals surface area contributed by atoms with Gasteiger partial charge in [0.1, 0.15) is 6.04 Å². The van der Waals surface area contributed by atoms with Gasteiger partial charge in [-0.3, -0.25) is 19.4 Å². The summed E-state index contributed by atoms with van der Waals surface area (Å²) in [5.74, 6) is -1.53. The fourth-order valence-electron chi connectivity index (χ4n) is 4.47. The van der Waals surface area contributed by atoms with Gasteiger partial charge in [-0.2, -0.15) is 5.10 Å². The Kier molecular flexibility index (Phi) is 6.35. The van der Waals surface area contributed by atoms with E-state index >= 15 is 0 Å². The summed E-state index contributed by atoms with van der Waals surface area (Å²) in [6.45, 7) is 0. The average Bonchev–Trinajstić information content (AvgIpc) is 3.33. The molecule has 0 bridgehead atoms. The molecule has 2 N–H and O–H groups in total. The van der Waals surface area contributed by atoms with Crippen molar-refractivity contribution < 1.29 is 14.7 Å². The number of aromatic amines is 1. The molecule has 1 aliphatic heterocycles. The number of carbonyl (C=O) groups is 2. The van der Waals surface area contributed by atoms with Crippen LogP contribution >= 0.6 is 11.6 Å². The van der Waals surface area contributed by atoms with Crippen LogP contribution in [0.3, 0.4) is 0 Å². The predicted octanol–water partition coefficient (Wildman–Crippen LogP) is 4.79. The summed E-state index contributed by atoms with van der Waals surface area (Å²) >= 11 is 6.33. The highest BCUT2D eigenvalue weighted by Crippen LogP contribution is 2.37. The third-order valence-electron chi connectivity index (χ3n) is 6.08. The zero-order valence-electron chi connectivity index (χ0n) is 19.0. The summed E-state index contributed by atoms with van der Waals surface area (Å²) in [6.07, 6.45) is 1.32. The van der Waals surface area contributed by atoms with E-state index in [2.05, 4.69) is 15.1 Å². The Bertz CT molecular complexity index is 1550. The lowest BCUT2D eigenvalue weighted by atomic mass is 9.91. The lowest BCUT2D eigenvalue weighted by Crippen LogP contribution is -2.27. The molecular weight excluding hydrogens is 480 g/mol. The van der Waals surface area contributed by atoms with Gasteiger partial charge in [-0.1, -0.05) is 48.0 Å². The van der Waals surface area contributed by atoms with Crippen LogP contribution in [0.15, 0.2) is 82.8 Å². The van der Waals surface area contributed by atoms with E-state index in [9.17, 15) is 14.4 Å². The van der Waals surface area contributed by atoms with Crippen LogP contribution in [0.25, 0.3) is 22.0 Å². The smallest absolute Gasteiger partial charge is 0.303 e. The number of halogens is 1. The molecule has 1 amide bonds. The molecule has 4 aromatic rings. The summed E-state index contributed by atoms with van der Waals surface area (Å²) in [5.41, 5.74) is 3.10. The van der Waals surface area contributed by atoms with Crippen molar-refractivity contribution in [3.63, 3.8) is 0 Å². The van der Waals surface area contributed by atoms with Crippen LogP contribution in [0, 0.1) is 0 Å². The van der Waals surface area contributed by atoms with Crippen molar-refractivity contribution in [2.24, 2.45) is 5.10 Å². The van der Waals surface area contributed by atoms with Crippen LogP contribution in [0.1, 0.15) is 36.6 Å². The molecule has 0 unspecified atom stereocenters. The summed E-state index contributed by atoms with van der Waals surface area (Å²) in [6, 6.07) is 19.5. The number of H-pyrrole nitrogens is 1. The monoisotopic (exact) mass is 500 g/mol. The molecule has 36 heavy (non-hydrogen) atoms. The van der Waals surface area contributed by atoms with Gasteiger partial charge in [0.25, 0.3) is 5.56 Å². The van der Waals surface area contributed by atoms with Crippen LogP contribution in [-0.2, 0) is 9.59 Å². The fourth-order valence-corrected chi connectivity index (χ4v) is 4.64. The molecule has 2 aromatic heterocycles. The lowest BCUT2D eigenvalue weighted by Gasteiger charge is -2.20. The maximum absolute atomic E-state index is 13.5. The van der Waals surface area contributed by atoms with Crippen LogP contribution in [0.5, 0.6) is 0 Å². The van der Waals surface area contributed by atoms with Crippen molar-refractivity contribution in [3.8, 4) is 11.1 Å². The summed E-state index contributed by atoms with van der Waals surface area (Å²) in [4.78, 5) is 44.9. The number of nitrogens with one attached hydrogen (secondary N) is 1. The van der Waals surface area contributed by atoms with Crippen molar-refractivity contribution in [1.82, 2.24) is 15.0 Å². The first kappa shape index (κ1) is 23.4. The number of hydrogen-bond donors (Lipinski definition) is 2. The second-order valence-electron chi connectivity index (χ2n) is 8.41. The van der Waals surface area contributed by atoms with Gasteiger partial charge >= 0.3 is 5.97 Å². The van der Waals surface area contributed by atoms with Crippen molar-refractivity contribution in [3.05, 3.63) is 99.6 Å². The van der Waals surface area contributed by atoms with Gasteiger partial charge in [-0.05, 0) is 35.9 Å². The Morgan fingerprint density at radius 3 is 2.53 bits per heavy atom. The standard InChI is InChI=1S/C27H21ClN4O4/c28-17-9-10-19-18(14-17)25(16-6-2-1-3-7-16)26(27(36)30-19)21-15-22(20-8-4-5-13-29-20)32(31-21)23(33)11-12-24(34)35/h1-10,13-14,22H,11-12,15H2,(H,30,36)(H,34,35)/t22-/m0/s1. The van der Waals surface area contributed by atoms with Crippen LogP contribution in [0.2, 0.25) is 5.02 Å². The van der Waals surface area contributed by atoms with E-state index < -0.39 is 17.9 Å². The maximum atomic E-state index is 13.5. The number of pyridine rings is 2. The first-order valence-electron chi connectivity index (χ1n) is 11.4. The van der Waals surface area contributed by atoms with Crippen molar-refractivity contribution >= 4 is 40.1 Å². The number of fused-ring (bicyclic) bond motifs is 1. The minimum Gasteiger partial charge on any atom is -0.481 e. The number of aliphatic carboxylic acids is 1. The first-order valence-corrected chi connectivity index (χ1v) is 11.7. The number of rotatable bonds is 6. The zero-order valence-corrected chi connectivity index (χ0v) is 19.8. The molecule has 0 saturated carbocycles. The average molecular weight is 501 g/mol. The summed E-state index contributed by atoms with van der Waals surface area (Å²) in [7, 11) is 0. The number of amides is 1. The minimum atomic E-state index is -1.07. The van der Waals surface area contributed by atoms with Crippen molar-refractivity contribution in [2.45, 2.75) is 25.3 Å². The highest BCUT2D eigenvalue weighted by atomic mass is 35.5. The largest absolute Gasteiger partial charge is 0.481 e. The number of carboxylic acid groups (broad SMARTS) is 1. The van der Waals surface area contributed by atoms with E-state index in [0.717, 1.165) is 10.9 Å². The Hall–Kier alpha value is -4.30. The van der Waals surface area contributed by atoms with Crippen molar-refractivity contribution in [2.75, 3.05) is 0 Å². The van der Waals surface area contributed by atoms with Gasteiger partial charge in [0.2, 0.25) is 5.91 Å². The lowest BCUT2D eigenvalue weighted by molar-refractivity contribution is -0.141. The summed E-state index contributed by atoms with van der Waals surface area (Å²) < 4.78 is 0. The molecular formula is C27H21ClN4O4. The second kappa shape index (κ2) is 9.75. The zero-order chi connectivity index (χ0) is 25.2. The first-order chi connectivity index (χ1) is 17.4. The van der Waals surface area contributed by atoms with Gasteiger partial charge in [0.15, 0.2) is 0 Å². The van der Waals surface area contributed by atoms with Gasteiger partial charge in [0, 0.05) is 40.5 Å².